The number of fused-ring (bicyclic) bond motifs is 1. The summed E-state index contributed by atoms with van der Waals surface area (Å²) in [7, 11) is -0.563. The molecule has 20 heavy (non-hydrogen) atoms. The Morgan fingerprint density at radius 2 is 1.55 bits per heavy atom. The standard InChI is InChI=1S/C18H16ClSi/c1-20(2)18-12-14(19)10-11-17(18)16-9-5-7-13-6-3-4-8-15(13)16/h3-12H,1-2H3. The van der Waals surface area contributed by atoms with Gasteiger partial charge in [0.15, 0.2) is 0 Å². The summed E-state index contributed by atoms with van der Waals surface area (Å²) >= 11 is 6.18. The number of halogens is 1. The lowest BCUT2D eigenvalue weighted by atomic mass is 9.98. The first-order chi connectivity index (χ1) is 9.66. The molecule has 0 aliphatic carbocycles. The van der Waals surface area contributed by atoms with Gasteiger partial charge in [-0.1, -0.05) is 78.4 Å². The number of hydrogen-bond donors (Lipinski definition) is 0. The second-order valence-corrected chi connectivity index (χ2v) is 8.19. The lowest BCUT2D eigenvalue weighted by Crippen LogP contribution is -2.24. The third kappa shape index (κ3) is 2.39. The fourth-order valence-electron chi connectivity index (χ4n) is 2.63. The average Bonchev–Trinajstić information content (AvgIpc) is 2.46. The summed E-state index contributed by atoms with van der Waals surface area (Å²) in [6.45, 7) is 4.62. The summed E-state index contributed by atoms with van der Waals surface area (Å²) < 4.78 is 0. The van der Waals surface area contributed by atoms with E-state index in [2.05, 4.69) is 67.7 Å². The maximum Gasteiger partial charge on any atom is 0.0800 e. The molecule has 0 amide bonds. The minimum atomic E-state index is -0.563. The summed E-state index contributed by atoms with van der Waals surface area (Å²) in [6.07, 6.45) is 0. The van der Waals surface area contributed by atoms with E-state index in [0.717, 1.165) is 5.02 Å². The molecule has 0 bridgehead atoms. The molecular formula is C18H16ClSi. The zero-order chi connectivity index (χ0) is 14.1. The Kier molecular flexibility index (Phi) is 3.64. The molecule has 0 unspecified atom stereocenters. The first kappa shape index (κ1) is 13.4. The summed E-state index contributed by atoms with van der Waals surface area (Å²) in [5.74, 6) is 0. The maximum atomic E-state index is 6.18. The molecule has 1 radical (unpaired) electrons. The molecule has 0 spiro atoms. The fraction of sp³-hybridized carbons (Fsp3) is 0.111. The van der Waals surface area contributed by atoms with Crippen molar-refractivity contribution in [2.45, 2.75) is 13.1 Å². The second kappa shape index (κ2) is 5.43. The van der Waals surface area contributed by atoms with E-state index in [9.17, 15) is 0 Å². The molecule has 3 aromatic rings. The van der Waals surface area contributed by atoms with Crippen LogP contribution in [0, 0.1) is 0 Å². The van der Waals surface area contributed by atoms with Crippen LogP contribution < -0.4 is 5.19 Å². The maximum absolute atomic E-state index is 6.18. The molecule has 0 aliphatic heterocycles. The summed E-state index contributed by atoms with van der Waals surface area (Å²) in [4.78, 5) is 0. The molecule has 99 valence electrons. The highest BCUT2D eigenvalue weighted by Gasteiger charge is 2.12. The molecule has 3 rings (SSSR count). The van der Waals surface area contributed by atoms with Crippen LogP contribution in [-0.4, -0.2) is 8.80 Å². The average molecular weight is 296 g/mol. The van der Waals surface area contributed by atoms with E-state index in [1.807, 2.05) is 6.07 Å². The van der Waals surface area contributed by atoms with Crippen molar-refractivity contribution >= 4 is 36.4 Å². The zero-order valence-corrected chi connectivity index (χ0v) is 13.4. The Labute approximate surface area is 126 Å². The minimum Gasteiger partial charge on any atom is -0.0843 e. The molecule has 0 nitrogen and oxygen atoms in total. The van der Waals surface area contributed by atoms with Gasteiger partial charge in [0.05, 0.1) is 8.80 Å². The molecular weight excluding hydrogens is 280 g/mol. The highest BCUT2D eigenvalue weighted by molar-refractivity contribution is 6.72. The van der Waals surface area contributed by atoms with Crippen molar-refractivity contribution in [2.75, 3.05) is 0 Å². The van der Waals surface area contributed by atoms with Crippen LogP contribution in [0.15, 0.2) is 60.7 Å². The third-order valence-electron chi connectivity index (χ3n) is 3.60. The van der Waals surface area contributed by atoms with E-state index in [-0.39, 0.29) is 0 Å². The van der Waals surface area contributed by atoms with Crippen molar-refractivity contribution in [1.82, 2.24) is 0 Å². The SMILES string of the molecule is C[Si](C)c1cc(Cl)ccc1-c1cccc2ccccc12. The van der Waals surface area contributed by atoms with Crippen molar-refractivity contribution in [3.8, 4) is 11.1 Å². The van der Waals surface area contributed by atoms with Crippen LogP contribution in [0.2, 0.25) is 18.1 Å². The van der Waals surface area contributed by atoms with Crippen LogP contribution in [0.1, 0.15) is 0 Å². The van der Waals surface area contributed by atoms with Gasteiger partial charge < -0.3 is 0 Å². The number of benzene rings is 3. The van der Waals surface area contributed by atoms with Crippen LogP contribution in [0.3, 0.4) is 0 Å². The van der Waals surface area contributed by atoms with Gasteiger partial charge in [-0.3, -0.25) is 0 Å². The Bertz CT molecular complexity index is 757. The van der Waals surface area contributed by atoms with Gasteiger partial charge >= 0.3 is 0 Å². The zero-order valence-electron chi connectivity index (χ0n) is 11.7. The second-order valence-electron chi connectivity index (χ2n) is 5.22. The van der Waals surface area contributed by atoms with Gasteiger partial charge in [-0.05, 0) is 34.0 Å². The van der Waals surface area contributed by atoms with E-state index >= 15 is 0 Å². The molecule has 3 aromatic carbocycles. The van der Waals surface area contributed by atoms with Crippen LogP contribution in [0.25, 0.3) is 21.9 Å². The number of hydrogen-bond acceptors (Lipinski definition) is 0. The molecule has 0 aromatic heterocycles. The van der Waals surface area contributed by atoms with E-state index in [4.69, 9.17) is 11.6 Å². The predicted octanol–water partition coefficient (Wildman–Crippen LogP) is 5.12. The fourth-order valence-corrected chi connectivity index (χ4v) is 4.09. The van der Waals surface area contributed by atoms with E-state index in [1.165, 1.54) is 27.1 Å². The van der Waals surface area contributed by atoms with Gasteiger partial charge in [-0.2, -0.15) is 0 Å². The first-order valence-electron chi connectivity index (χ1n) is 6.75. The van der Waals surface area contributed by atoms with Gasteiger partial charge in [-0.15, -0.1) is 0 Å². The van der Waals surface area contributed by atoms with Crippen LogP contribution in [0.5, 0.6) is 0 Å². The Balaban J connectivity index is 2.31. The summed E-state index contributed by atoms with van der Waals surface area (Å²) in [5, 5.41) is 4.82. The largest absolute Gasteiger partial charge is 0.0843 e. The Morgan fingerprint density at radius 1 is 0.800 bits per heavy atom. The van der Waals surface area contributed by atoms with Gasteiger partial charge in [0.1, 0.15) is 0 Å². The highest BCUT2D eigenvalue weighted by atomic mass is 35.5. The van der Waals surface area contributed by atoms with Gasteiger partial charge in [0.2, 0.25) is 0 Å². The normalized spacial score (nSPS) is 11.2. The molecule has 0 saturated carbocycles. The van der Waals surface area contributed by atoms with Gasteiger partial charge in [0.25, 0.3) is 0 Å². The van der Waals surface area contributed by atoms with Crippen LogP contribution in [-0.2, 0) is 0 Å². The van der Waals surface area contributed by atoms with Crippen molar-refractivity contribution < 1.29 is 0 Å². The minimum absolute atomic E-state index is 0.563. The van der Waals surface area contributed by atoms with Crippen molar-refractivity contribution in [3.63, 3.8) is 0 Å². The molecule has 0 atom stereocenters. The van der Waals surface area contributed by atoms with Crippen molar-refractivity contribution in [2.24, 2.45) is 0 Å². The van der Waals surface area contributed by atoms with E-state index < -0.39 is 8.80 Å². The summed E-state index contributed by atoms with van der Waals surface area (Å²) in [6, 6.07) is 21.3. The van der Waals surface area contributed by atoms with Crippen LogP contribution >= 0.6 is 11.6 Å². The summed E-state index contributed by atoms with van der Waals surface area (Å²) in [5.41, 5.74) is 2.63. The van der Waals surface area contributed by atoms with Gasteiger partial charge in [-0.25, -0.2) is 0 Å². The molecule has 0 heterocycles. The van der Waals surface area contributed by atoms with Crippen molar-refractivity contribution in [3.05, 3.63) is 65.7 Å². The topological polar surface area (TPSA) is 0 Å². The molecule has 0 N–H and O–H groups in total. The van der Waals surface area contributed by atoms with Gasteiger partial charge in [0, 0.05) is 5.02 Å². The smallest absolute Gasteiger partial charge is 0.0800 e. The Morgan fingerprint density at radius 3 is 2.35 bits per heavy atom. The first-order valence-corrected chi connectivity index (χ1v) is 9.63. The molecule has 0 fully saturated rings. The molecule has 0 aliphatic rings. The quantitative estimate of drug-likeness (QED) is 0.576. The van der Waals surface area contributed by atoms with Crippen molar-refractivity contribution in [1.29, 1.82) is 0 Å². The predicted molar refractivity (Wildman–Crippen MR) is 91.5 cm³/mol. The molecule has 2 heteroatoms. The lowest BCUT2D eigenvalue weighted by Gasteiger charge is -2.14. The van der Waals surface area contributed by atoms with E-state index in [0.29, 0.717) is 0 Å². The monoisotopic (exact) mass is 295 g/mol. The Hall–Kier alpha value is -1.57. The van der Waals surface area contributed by atoms with Crippen LogP contribution in [0.4, 0.5) is 0 Å². The molecule has 0 saturated heterocycles. The lowest BCUT2D eigenvalue weighted by molar-refractivity contribution is 1.67. The van der Waals surface area contributed by atoms with E-state index in [1.54, 1.807) is 0 Å². The highest BCUT2D eigenvalue weighted by Crippen LogP contribution is 2.28. The third-order valence-corrected chi connectivity index (χ3v) is 5.33. The number of rotatable bonds is 2.